The monoisotopic (exact) mass is 327 g/mol. The van der Waals surface area contributed by atoms with Gasteiger partial charge in [0.05, 0.1) is 0 Å². The Morgan fingerprint density at radius 1 is 1.04 bits per heavy atom. The lowest BCUT2D eigenvalue weighted by molar-refractivity contribution is -0.118. The summed E-state index contributed by atoms with van der Waals surface area (Å²) in [6, 6.07) is 13.8. The molecule has 0 fully saturated rings. The fourth-order valence-electron chi connectivity index (χ4n) is 2.27. The van der Waals surface area contributed by atoms with Crippen LogP contribution in [0.25, 0.3) is 0 Å². The Morgan fingerprint density at radius 3 is 2.17 bits per heavy atom. The van der Waals surface area contributed by atoms with Gasteiger partial charge in [-0.25, -0.2) is 4.79 Å². The largest absolute Gasteiger partial charge is 0.465 e. The number of carbonyl (C=O) groups excluding carboxylic acids is 1. The van der Waals surface area contributed by atoms with E-state index in [4.69, 9.17) is 10.8 Å². The molecule has 5 N–H and O–H groups in total. The number of aryl methyl sites for hydroxylation is 1. The van der Waals surface area contributed by atoms with Crippen molar-refractivity contribution in [2.45, 2.75) is 25.9 Å². The van der Waals surface area contributed by atoms with E-state index in [0.29, 0.717) is 12.2 Å². The molecule has 0 aliphatic carbocycles. The summed E-state index contributed by atoms with van der Waals surface area (Å²) in [7, 11) is 0. The van der Waals surface area contributed by atoms with E-state index in [9.17, 15) is 9.59 Å². The van der Waals surface area contributed by atoms with E-state index in [2.05, 4.69) is 10.6 Å². The van der Waals surface area contributed by atoms with Crippen LogP contribution in [0.3, 0.4) is 0 Å². The Morgan fingerprint density at radius 2 is 1.62 bits per heavy atom. The summed E-state index contributed by atoms with van der Waals surface area (Å²) in [5.74, 6) is -0.399. The maximum Gasteiger partial charge on any atom is 0.405 e. The van der Waals surface area contributed by atoms with Crippen molar-refractivity contribution in [3.63, 3.8) is 0 Å². The highest BCUT2D eigenvalue weighted by atomic mass is 16.4. The molecule has 1 atom stereocenters. The van der Waals surface area contributed by atoms with Crippen molar-refractivity contribution in [2.75, 3.05) is 5.32 Å². The van der Waals surface area contributed by atoms with E-state index in [0.717, 1.165) is 16.7 Å². The minimum Gasteiger partial charge on any atom is -0.465 e. The third-order valence-corrected chi connectivity index (χ3v) is 3.63. The second kappa shape index (κ2) is 8.12. The quantitative estimate of drug-likeness (QED) is 0.653. The second-order valence-electron chi connectivity index (χ2n) is 5.58. The van der Waals surface area contributed by atoms with Crippen molar-refractivity contribution in [3.05, 3.63) is 65.2 Å². The predicted molar refractivity (Wildman–Crippen MR) is 92.8 cm³/mol. The van der Waals surface area contributed by atoms with Crippen molar-refractivity contribution in [3.8, 4) is 0 Å². The molecule has 0 saturated heterocycles. The van der Waals surface area contributed by atoms with Crippen molar-refractivity contribution in [1.82, 2.24) is 5.32 Å². The van der Waals surface area contributed by atoms with Crippen LogP contribution in [-0.4, -0.2) is 23.1 Å². The van der Waals surface area contributed by atoms with Crippen molar-refractivity contribution in [2.24, 2.45) is 5.73 Å². The molecule has 0 bridgehead atoms. The van der Waals surface area contributed by atoms with Gasteiger partial charge in [-0.2, -0.15) is 0 Å². The fraction of sp³-hybridized carbons (Fsp3) is 0.222. The molecule has 0 aromatic heterocycles. The first-order chi connectivity index (χ1) is 11.5. The molecule has 6 heteroatoms. The highest BCUT2D eigenvalue weighted by Crippen LogP contribution is 2.11. The van der Waals surface area contributed by atoms with Gasteiger partial charge in [-0.15, -0.1) is 0 Å². The first-order valence-electron chi connectivity index (χ1n) is 7.63. The van der Waals surface area contributed by atoms with Crippen molar-refractivity contribution < 1.29 is 14.7 Å². The lowest BCUT2D eigenvalue weighted by atomic mass is 10.0. The molecule has 0 unspecified atom stereocenters. The summed E-state index contributed by atoms with van der Waals surface area (Å²) >= 11 is 0. The molecular formula is C18H21N3O3. The lowest BCUT2D eigenvalue weighted by Gasteiger charge is -2.17. The molecule has 0 radical (unpaired) electrons. The van der Waals surface area contributed by atoms with E-state index in [-0.39, 0.29) is 6.42 Å². The molecule has 0 saturated carbocycles. The summed E-state index contributed by atoms with van der Waals surface area (Å²) in [6.07, 6.45) is -0.980. The minimum absolute atomic E-state index is 0.259. The SMILES string of the molecule is Cc1ccc(NC(=O)[C@@H](Cc2ccc(CN)cc2)NC(=O)O)cc1. The van der Waals surface area contributed by atoms with Gasteiger partial charge in [0.1, 0.15) is 6.04 Å². The van der Waals surface area contributed by atoms with Crippen LogP contribution in [0.4, 0.5) is 10.5 Å². The number of hydrogen-bond donors (Lipinski definition) is 4. The topological polar surface area (TPSA) is 104 Å². The first-order valence-corrected chi connectivity index (χ1v) is 7.63. The molecule has 0 aliphatic heterocycles. The maximum atomic E-state index is 12.4. The Bertz CT molecular complexity index is 696. The second-order valence-corrected chi connectivity index (χ2v) is 5.58. The molecule has 2 rings (SSSR count). The van der Waals surface area contributed by atoms with Crippen LogP contribution in [0.2, 0.25) is 0 Å². The highest BCUT2D eigenvalue weighted by molar-refractivity contribution is 5.96. The van der Waals surface area contributed by atoms with E-state index in [1.165, 1.54) is 0 Å². The standard InChI is InChI=1S/C18H21N3O3/c1-12-2-8-15(9-3-12)20-17(22)16(21-18(23)24)10-13-4-6-14(11-19)7-5-13/h2-9,16,21H,10-11,19H2,1H3,(H,20,22)(H,23,24)/t16-/m1/s1. The van der Waals surface area contributed by atoms with Crippen LogP contribution in [0.5, 0.6) is 0 Å². The van der Waals surface area contributed by atoms with E-state index >= 15 is 0 Å². The zero-order valence-corrected chi connectivity index (χ0v) is 13.5. The van der Waals surface area contributed by atoms with Gasteiger partial charge >= 0.3 is 6.09 Å². The molecular weight excluding hydrogens is 306 g/mol. The summed E-state index contributed by atoms with van der Waals surface area (Å²) < 4.78 is 0. The van der Waals surface area contributed by atoms with Gasteiger partial charge in [0.15, 0.2) is 0 Å². The Labute approximate surface area is 140 Å². The van der Waals surface area contributed by atoms with Gasteiger partial charge in [-0.1, -0.05) is 42.0 Å². The number of nitrogens with two attached hydrogens (primary N) is 1. The van der Waals surface area contributed by atoms with Crippen LogP contribution in [0.15, 0.2) is 48.5 Å². The van der Waals surface area contributed by atoms with Gasteiger partial charge < -0.3 is 21.5 Å². The third-order valence-electron chi connectivity index (χ3n) is 3.63. The van der Waals surface area contributed by atoms with Gasteiger partial charge in [-0.3, -0.25) is 4.79 Å². The molecule has 2 amide bonds. The lowest BCUT2D eigenvalue weighted by Crippen LogP contribution is -2.44. The van der Waals surface area contributed by atoms with Crippen LogP contribution in [0.1, 0.15) is 16.7 Å². The van der Waals surface area contributed by atoms with Crippen molar-refractivity contribution >= 4 is 17.7 Å². The van der Waals surface area contributed by atoms with E-state index in [1.54, 1.807) is 12.1 Å². The third kappa shape index (κ3) is 5.10. The zero-order chi connectivity index (χ0) is 17.5. The molecule has 2 aromatic rings. The Kier molecular flexibility index (Phi) is 5.92. The average Bonchev–Trinajstić information content (AvgIpc) is 2.56. The molecule has 0 spiro atoms. The summed E-state index contributed by atoms with van der Waals surface area (Å²) in [5.41, 5.74) is 9.09. The summed E-state index contributed by atoms with van der Waals surface area (Å²) in [5, 5.41) is 14.0. The fourth-order valence-corrected chi connectivity index (χ4v) is 2.27. The number of rotatable bonds is 6. The number of hydrogen-bond acceptors (Lipinski definition) is 3. The number of carboxylic acid groups (broad SMARTS) is 1. The van der Waals surface area contributed by atoms with Crippen LogP contribution in [-0.2, 0) is 17.8 Å². The first kappa shape index (κ1) is 17.5. The maximum absolute atomic E-state index is 12.4. The number of amides is 2. The van der Waals surface area contributed by atoms with Crippen LogP contribution >= 0.6 is 0 Å². The number of benzene rings is 2. The van der Waals surface area contributed by atoms with Crippen molar-refractivity contribution in [1.29, 1.82) is 0 Å². The predicted octanol–water partition coefficient (Wildman–Crippen LogP) is 2.27. The molecule has 0 aliphatic rings. The van der Waals surface area contributed by atoms with E-state index in [1.807, 2.05) is 43.3 Å². The van der Waals surface area contributed by atoms with Gasteiger partial charge in [0.25, 0.3) is 0 Å². The normalized spacial score (nSPS) is 11.6. The minimum atomic E-state index is -1.24. The molecule has 6 nitrogen and oxygen atoms in total. The molecule has 2 aromatic carbocycles. The summed E-state index contributed by atoms with van der Waals surface area (Å²) in [4.78, 5) is 23.4. The number of carbonyl (C=O) groups is 2. The average molecular weight is 327 g/mol. The molecule has 126 valence electrons. The highest BCUT2D eigenvalue weighted by Gasteiger charge is 2.21. The molecule has 24 heavy (non-hydrogen) atoms. The van der Waals surface area contributed by atoms with E-state index < -0.39 is 18.0 Å². The van der Waals surface area contributed by atoms with Gasteiger partial charge in [0, 0.05) is 18.7 Å². The Balaban J connectivity index is 2.09. The van der Waals surface area contributed by atoms with Crippen LogP contribution in [0, 0.1) is 6.92 Å². The van der Waals surface area contributed by atoms with Gasteiger partial charge in [-0.05, 0) is 30.2 Å². The van der Waals surface area contributed by atoms with Gasteiger partial charge in [0.2, 0.25) is 5.91 Å². The number of nitrogens with one attached hydrogen (secondary N) is 2. The summed E-state index contributed by atoms with van der Waals surface area (Å²) in [6.45, 7) is 2.39. The Hall–Kier alpha value is -2.86. The van der Waals surface area contributed by atoms with Crippen LogP contribution < -0.4 is 16.4 Å². The number of anilines is 1. The zero-order valence-electron chi connectivity index (χ0n) is 13.5. The smallest absolute Gasteiger partial charge is 0.405 e. The molecule has 0 heterocycles.